The number of alkyl halides is 3. The number of aliphatic imine (C=N–C) groups is 1. The van der Waals surface area contributed by atoms with Gasteiger partial charge in [0.2, 0.25) is 0 Å². The Balaban J connectivity index is 1.37. The van der Waals surface area contributed by atoms with E-state index < -0.39 is 11.7 Å². The van der Waals surface area contributed by atoms with Gasteiger partial charge in [0.05, 0.1) is 24.3 Å². The minimum absolute atomic E-state index is 0.183. The summed E-state index contributed by atoms with van der Waals surface area (Å²) < 4.78 is 43.4. The summed E-state index contributed by atoms with van der Waals surface area (Å²) in [4.78, 5) is 23.3. The van der Waals surface area contributed by atoms with Crippen LogP contribution in [0.2, 0.25) is 0 Å². The molecule has 2 aromatic rings. The van der Waals surface area contributed by atoms with Crippen LogP contribution in [0.5, 0.6) is 0 Å². The van der Waals surface area contributed by atoms with Gasteiger partial charge in [0.1, 0.15) is 11.9 Å². The Labute approximate surface area is 220 Å². The van der Waals surface area contributed by atoms with Gasteiger partial charge in [-0.25, -0.2) is 0 Å². The summed E-state index contributed by atoms with van der Waals surface area (Å²) in [6, 6.07) is 13.0. The van der Waals surface area contributed by atoms with E-state index in [4.69, 9.17) is 0 Å². The number of amidine groups is 1. The molecule has 1 amide bonds. The average Bonchev–Trinajstić information content (AvgIpc) is 3.30. The van der Waals surface area contributed by atoms with E-state index in [1.807, 2.05) is 31.2 Å². The number of hydrogen-bond donors (Lipinski definition) is 1. The van der Waals surface area contributed by atoms with Gasteiger partial charge in [-0.3, -0.25) is 9.79 Å². The van der Waals surface area contributed by atoms with Crippen LogP contribution in [0.15, 0.2) is 41.4 Å². The quantitative estimate of drug-likeness (QED) is 0.665. The van der Waals surface area contributed by atoms with Crippen molar-refractivity contribution < 1.29 is 18.0 Å². The minimum atomic E-state index is -4.52. The van der Waals surface area contributed by atoms with Crippen LogP contribution in [-0.4, -0.2) is 85.6 Å². The van der Waals surface area contributed by atoms with Crippen molar-refractivity contribution >= 4 is 17.4 Å². The summed E-state index contributed by atoms with van der Waals surface area (Å²) in [6.07, 6.45) is -4.82. The standard InChI is InChI=1S/C28H31F3N6O/c1-19-13-20(2)23(26(38)36-11-9-35(10-12-36)24-6-4-3-5-21(24)16-32)14-22(19)15-27(28(29,30)31)18-37-8-7-33-17-25(37)34-27/h3-6,13-14,33H,7-12,15,17-18H2,1-2H3. The van der Waals surface area contributed by atoms with Crippen LogP contribution in [0.4, 0.5) is 18.9 Å². The van der Waals surface area contributed by atoms with Crippen molar-refractivity contribution in [3.8, 4) is 6.07 Å². The maximum atomic E-state index is 14.5. The summed E-state index contributed by atoms with van der Waals surface area (Å²) in [5.41, 5.74) is 1.60. The fraction of sp³-hybridized carbons (Fsp3) is 0.464. The van der Waals surface area contributed by atoms with Gasteiger partial charge >= 0.3 is 6.18 Å². The first kappa shape index (κ1) is 26.0. The van der Waals surface area contributed by atoms with Crippen molar-refractivity contribution in [2.24, 2.45) is 4.99 Å². The lowest BCUT2D eigenvalue weighted by Gasteiger charge is -2.37. The number of hydrogen-bond acceptors (Lipinski definition) is 6. The predicted octanol–water partition coefficient (Wildman–Crippen LogP) is 3.30. The molecule has 10 heteroatoms. The molecule has 0 spiro atoms. The highest BCUT2D eigenvalue weighted by atomic mass is 19.4. The van der Waals surface area contributed by atoms with Crippen LogP contribution in [0, 0.1) is 25.2 Å². The number of para-hydroxylation sites is 1. The van der Waals surface area contributed by atoms with Gasteiger partial charge in [0.25, 0.3) is 5.91 Å². The lowest BCUT2D eigenvalue weighted by atomic mass is 9.87. The molecular weight excluding hydrogens is 493 g/mol. The number of anilines is 1. The van der Waals surface area contributed by atoms with E-state index in [9.17, 15) is 23.2 Å². The molecule has 0 aromatic heterocycles. The SMILES string of the molecule is Cc1cc(C)c(C(=O)N2CCN(c3ccccc3C#N)CC2)cc1CC1(C(F)(F)F)CN2CCNCC2=N1. The van der Waals surface area contributed by atoms with Gasteiger partial charge in [-0.15, -0.1) is 0 Å². The minimum Gasteiger partial charge on any atom is -0.367 e. The zero-order chi connectivity index (χ0) is 27.1. The topological polar surface area (TPSA) is 75.0 Å². The van der Waals surface area contributed by atoms with Crippen LogP contribution in [0.25, 0.3) is 0 Å². The Morgan fingerprint density at radius 2 is 1.82 bits per heavy atom. The summed E-state index contributed by atoms with van der Waals surface area (Å²) in [7, 11) is 0. The van der Waals surface area contributed by atoms with E-state index in [1.165, 1.54) is 0 Å². The third-order valence-electron chi connectivity index (χ3n) is 7.86. The highest BCUT2D eigenvalue weighted by Crippen LogP contribution is 2.41. The molecule has 0 radical (unpaired) electrons. The number of carbonyl (C=O) groups excluding carboxylic acids is 1. The highest BCUT2D eigenvalue weighted by molar-refractivity contribution is 5.96. The number of nitriles is 1. The Bertz CT molecular complexity index is 1310. The molecular formula is C28H31F3N6O. The number of fused-ring (bicyclic) bond motifs is 1. The Morgan fingerprint density at radius 1 is 1.08 bits per heavy atom. The zero-order valence-electron chi connectivity index (χ0n) is 21.6. The number of nitrogens with zero attached hydrogens (tertiary/aromatic N) is 5. The van der Waals surface area contributed by atoms with Crippen molar-refractivity contribution in [1.82, 2.24) is 15.1 Å². The molecule has 2 saturated heterocycles. The van der Waals surface area contributed by atoms with E-state index in [1.54, 1.807) is 28.9 Å². The van der Waals surface area contributed by atoms with Gasteiger partial charge in [0.15, 0.2) is 5.54 Å². The van der Waals surface area contributed by atoms with Crippen molar-refractivity contribution in [3.05, 3.63) is 64.2 Å². The second-order valence-corrected chi connectivity index (χ2v) is 10.3. The number of benzene rings is 2. The lowest BCUT2D eigenvalue weighted by molar-refractivity contribution is -0.183. The van der Waals surface area contributed by atoms with Crippen molar-refractivity contribution in [1.29, 1.82) is 5.26 Å². The molecule has 1 unspecified atom stereocenters. The van der Waals surface area contributed by atoms with Gasteiger partial charge in [-0.2, -0.15) is 18.4 Å². The molecule has 0 saturated carbocycles. The van der Waals surface area contributed by atoms with Gasteiger partial charge in [-0.1, -0.05) is 18.2 Å². The molecule has 38 heavy (non-hydrogen) atoms. The van der Waals surface area contributed by atoms with E-state index in [0.29, 0.717) is 68.3 Å². The first-order chi connectivity index (χ1) is 18.1. The number of aryl methyl sites for hydroxylation is 2. The molecule has 0 bridgehead atoms. The zero-order valence-corrected chi connectivity index (χ0v) is 21.6. The maximum Gasteiger partial charge on any atom is 0.415 e. The number of amides is 1. The van der Waals surface area contributed by atoms with Crippen LogP contribution in [0.1, 0.15) is 32.6 Å². The molecule has 3 aliphatic heterocycles. The molecule has 3 aliphatic rings. The molecule has 0 aliphatic carbocycles. The fourth-order valence-corrected chi connectivity index (χ4v) is 5.68. The summed E-state index contributed by atoms with van der Waals surface area (Å²) >= 11 is 0. The molecule has 1 N–H and O–H groups in total. The normalized spacial score (nSPS) is 21.7. The molecule has 3 heterocycles. The van der Waals surface area contributed by atoms with Crippen LogP contribution in [0.3, 0.4) is 0 Å². The Hall–Kier alpha value is -3.58. The van der Waals surface area contributed by atoms with Crippen LogP contribution >= 0.6 is 0 Å². The first-order valence-corrected chi connectivity index (χ1v) is 12.9. The Morgan fingerprint density at radius 3 is 2.50 bits per heavy atom. The van der Waals surface area contributed by atoms with Crippen molar-refractivity contribution in [2.45, 2.75) is 32.0 Å². The molecule has 2 aromatic carbocycles. The van der Waals surface area contributed by atoms with Gasteiger partial charge in [-0.05, 0) is 48.7 Å². The largest absolute Gasteiger partial charge is 0.415 e. The van der Waals surface area contributed by atoms with Gasteiger partial charge < -0.3 is 20.0 Å². The Kier molecular flexibility index (Phi) is 6.82. The number of nitrogens with one attached hydrogen (secondary N) is 1. The van der Waals surface area contributed by atoms with Crippen LogP contribution < -0.4 is 10.2 Å². The van der Waals surface area contributed by atoms with Gasteiger partial charge in [0, 0.05) is 51.3 Å². The fourth-order valence-electron chi connectivity index (χ4n) is 5.68. The molecule has 5 rings (SSSR count). The monoisotopic (exact) mass is 524 g/mol. The molecule has 200 valence electrons. The van der Waals surface area contributed by atoms with Crippen molar-refractivity contribution in [3.63, 3.8) is 0 Å². The predicted molar refractivity (Wildman–Crippen MR) is 140 cm³/mol. The van der Waals surface area contributed by atoms with Crippen LogP contribution in [-0.2, 0) is 6.42 Å². The highest BCUT2D eigenvalue weighted by Gasteiger charge is 2.59. The van der Waals surface area contributed by atoms with E-state index in [-0.39, 0.29) is 18.9 Å². The number of carbonyl (C=O) groups is 1. The van der Waals surface area contributed by atoms with E-state index in [2.05, 4.69) is 21.3 Å². The average molecular weight is 525 g/mol. The molecule has 2 fully saturated rings. The first-order valence-electron chi connectivity index (χ1n) is 12.9. The lowest BCUT2D eigenvalue weighted by Crippen LogP contribution is -2.52. The molecule has 1 atom stereocenters. The smallest absolute Gasteiger partial charge is 0.367 e. The third-order valence-corrected chi connectivity index (χ3v) is 7.86. The number of halogens is 3. The summed E-state index contributed by atoms with van der Waals surface area (Å²) in [5, 5.41) is 12.5. The van der Waals surface area contributed by atoms with Crippen molar-refractivity contribution in [2.75, 3.05) is 57.3 Å². The van der Waals surface area contributed by atoms with E-state index >= 15 is 0 Å². The maximum absolute atomic E-state index is 14.5. The second-order valence-electron chi connectivity index (χ2n) is 10.3. The summed E-state index contributed by atoms with van der Waals surface area (Å²) in [6.45, 7) is 6.94. The molecule has 7 nitrogen and oxygen atoms in total. The second kappa shape index (κ2) is 9.95. The number of piperazine rings is 2. The third kappa shape index (κ3) is 4.71. The number of rotatable bonds is 4. The summed E-state index contributed by atoms with van der Waals surface area (Å²) in [5.74, 6) is 0.267. The van der Waals surface area contributed by atoms with E-state index in [0.717, 1.165) is 16.8 Å².